The third-order valence-electron chi connectivity index (χ3n) is 4.24. The molecule has 0 saturated carbocycles. The van der Waals surface area contributed by atoms with E-state index in [2.05, 4.69) is 66.2 Å². The molecule has 0 radical (unpaired) electrons. The van der Waals surface area contributed by atoms with E-state index < -0.39 is 0 Å². The number of hydrogen-bond donors (Lipinski definition) is 0. The summed E-state index contributed by atoms with van der Waals surface area (Å²) in [6.45, 7) is 4.37. The zero-order chi connectivity index (χ0) is 16.0. The number of benzene rings is 2. The number of fused-ring (bicyclic) bond motifs is 2. The Morgan fingerprint density at radius 1 is 0.957 bits per heavy atom. The van der Waals surface area contributed by atoms with E-state index in [-0.39, 0.29) is 5.54 Å². The summed E-state index contributed by atoms with van der Waals surface area (Å²) in [5.74, 6) is 0. The van der Waals surface area contributed by atoms with Crippen LogP contribution in [0.3, 0.4) is 0 Å². The fraction of sp³-hybridized carbons (Fsp3) is 0.200. The monoisotopic (exact) mass is 364 g/mol. The Bertz CT molecular complexity index is 941. The number of nitrogens with zero attached hydrogens (tertiary/aromatic N) is 2. The maximum Gasteiger partial charge on any atom is 0.116 e. The third kappa shape index (κ3) is 2.59. The van der Waals surface area contributed by atoms with Crippen LogP contribution in [0.4, 0.5) is 0 Å². The van der Waals surface area contributed by atoms with Crippen LogP contribution >= 0.6 is 15.9 Å². The van der Waals surface area contributed by atoms with Gasteiger partial charge in [-0.05, 0) is 53.9 Å². The lowest BCUT2D eigenvalue weighted by Gasteiger charge is -2.29. The van der Waals surface area contributed by atoms with E-state index in [4.69, 9.17) is 9.98 Å². The van der Waals surface area contributed by atoms with E-state index >= 15 is 0 Å². The second-order valence-electron chi connectivity index (χ2n) is 6.63. The van der Waals surface area contributed by atoms with E-state index in [9.17, 15) is 0 Å². The van der Waals surface area contributed by atoms with Crippen molar-refractivity contribution in [2.75, 3.05) is 0 Å². The van der Waals surface area contributed by atoms with Crippen molar-refractivity contribution in [3.05, 3.63) is 75.9 Å². The van der Waals surface area contributed by atoms with Gasteiger partial charge in [0, 0.05) is 16.5 Å². The molecule has 0 fully saturated rings. The molecule has 1 aliphatic heterocycles. The molecule has 0 spiro atoms. The van der Waals surface area contributed by atoms with Gasteiger partial charge in [-0.25, -0.2) is 4.98 Å². The van der Waals surface area contributed by atoms with E-state index in [0.717, 1.165) is 33.2 Å². The number of para-hydroxylation sites is 1. The summed E-state index contributed by atoms with van der Waals surface area (Å²) in [6, 6.07) is 18.9. The Hall–Kier alpha value is -2.00. The summed E-state index contributed by atoms with van der Waals surface area (Å²) in [6.07, 6.45) is 0.964. The maximum absolute atomic E-state index is 5.04. The van der Waals surface area contributed by atoms with Crippen LogP contribution in [0.2, 0.25) is 0 Å². The number of halogens is 1. The van der Waals surface area contributed by atoms with Crippen molar-refractivity contribution in [1.29, 1.82) is 0 Å². The number of rotatable bonds is 1. The molecule has 3 heteroatoms. The first-order chi connectivity index (χ1) is 11.0. The Balaban J connectivity index is 1.99. The summed E-state index contributed by atoms with van der Waals surface area (Å²) in [5.41, 5.74) is 5.54. The molecule has 23 heavy (non-hydrogen) atoms. The molecule has 0 atom stereocenters. The molecule has 4 rings (SSSR count). The molecule has 2 aromatic carbocycles. The molecule has 0 saturated heterocycles. The zero-order valence-electron chi connectivity index (χ0n) is 13.2. The number of pyridine rings is 1. The molecule has 0 aliphatic carbocycles. The van der Waals surface area contributed by atoms with Crippen LogP contribution in [0, 0.1) is 0 Å². The van der Waals surface area contributed by atoms with E-state index in [1.807, 2.05) is 18.2 Å². The second kappa shape index (κ2) is 5.27. The van der Waals surface area contributed by atoms with Gasteiger partial charge in [0.1, 0.15) is 4.60 Å². The van der Waals surface area contributed by atoms with Crippen molar-refractivity contribution in [3.63, 3.8) is 0 Å². The van der Waals surface area contributed by atoms with Gasteiger partial charge in [-0.2, -0.15) is 0 Å². The Morgan fingerprint density at radius 2 is 1.70 bits per heavy atom. The average molecular weight is 365 g/mol. The normalized spacial score (nSPS) is 16.0. The molecule has 0 unspecified atom stereocenters. The van der Waals surface area contributed by atoms with Gasteiger partial charge in [0.25, 0.3) is 0 Å². The zero-order valence-corrected chi connectivity index (χ0v) is 14.8. The summed E-state index contributed by atoms with van der Waals surface area (Å²) in [5, 5.41) is 1.13. The van der Waals surface area contributed by atoms with Crippen LogP contribution in [0.1, 0.15) is 30.5 Å². The fourth-order valence-electron chi connectivity index (χ4n) is 3.24. The van der Waals surface area contributed by atoms with Gasteiger partial charge in [0.05, 0.1) is 16.8 Å². The third-order valence-corrected chi connectivity index (χ3v) is 4.85. The van der Waals surface area contributed by atoms with Gasteiger partial charge in [-0.3, -0.25) is 4.99 Å². The fourth-order valence-corrected chi connectivity index (χ4v) is 3.73. The van der Waals surface area contributed by atoms with Crippen LogP contribution in [-0.4, -0.2) is 16.2 Å². The molecule has 1 aromatic heterocycles. The lowest BCUT2D eigenvalue weighted by atomic mass is 9.85. The van der Waals surface area contributed by atoms with E-state index in [1.165, 1.54) is 11.1 Å². The van der Waals surface area contributed by atoms with E-state index in [1.54, 1.807) is 0 Å². The standard InChI is InChI=1S/C20H17BrN2/c1-20(2)12-14-8-3-5-9-15(14)18(23-20)16-11-13-7-4-6-10-17(13)22-19(16)21/h3-11H,12H2,1-2H3. The smallest absolute Gasteiger partial charge is 0.116 e. The lowest BCUT2D eigenvalue weighted by molar-refractivity contribution is 0.513. The van der Waals surface area contributed by atoms with Crippen LogP contribution in [-0.2, 0) is 6.42 Å². The van der Waals surface area contributed by atoms with Crippen molar-refractivity contribution >= 4 is 32.5 Å². The molecule has 1 aliphatic rings. The maximum atomic E-state index is 5.04. The minimum atomic E-state index is -0.102. The topological polar surface area (TPSA) is 25.2 Å². The summed E-state index contributed by atoms with van der Waals surface area (Å²) in [7, 11) is 0. The van der Waals surface area contributed by atoms with Gasteiger partial charge in [-0.15, -0.1) is 0 Å². The Morgan fingerprint density at radius 3 is 2.57 bits per heavy atom. The minimum absolute atomic E-state index is 0.102. The lowest BCUT2D eigenvalue weighted by Crippen LogP contribution is -2.29. The molecule has 2 heterocycles. The van der Waals surface area contributed by atoms with Crippen molar-refractivity contribution in [2.45, 2.75) is 25.8 Å². The van der Waals surface area contributed by atoms with Crippen molar-refractivity contribution < 1.29 is 0 Å². The quantitative estimate of drug-likeness (QED) is 0.546. The van der Waals surface area contributed by atoms with Gasteiger partial charge in [0.2, 0.25) is 0 Å². The van der Waals surface area contributed by atoms with Gasteiger partial charge in [0.15, 0.2) is 0 Å². The van der Waals surface area contributed by atoms with E-state index in [0.29, 0.717) is 0 Å². The van der Waals surface area contributed by atoms with Crippen LogP contribution < -0.4 is 0 Å². The first kappa shape index (κ1) is 14.6. The van der Waals surface area contributed by atoms with Crippen LogP contribution in [0.25, 0.3) is 10.9 Å². The molecular formula is C20H17BrN2. The Labute approximate surface area is 144 Å². The number of aromatic nitrogens is 1. The van der Waals surface area contributed by atoms with Crippen molar-refractivity contribution in [3.8, 4) is 0 Å². The first-order valence-corrected chi connectivity index (χ1v) is 8.57. The van der Waals surface area contributed by atoms with Crippen LogP contribution in [0.15, 0.2) is 64.2 Å². The predicted octanol–water partition coefficient (Wildman–Crippen LogP) is 5.17. The predicted molar refractivity (Wildman–Crippen MR) is 99.3 cm³/mol. The molecule has 114 valence electrons. The molecule has 2 nitrogen and oxygen atoms in total. The molecule has 0 N–H and O–H groups in total. The highest BCUT2D eigenvalue weighted by atomic mass is 79.9. The minimum Gasteiger partial charge on any atom is -0.278 e. The molecule has 3 aromatic rings. The first-order valence-electron chi connectivity index (χ1n) is 7.77. The summed E-state index contributed by atoms with van der Waals surface area (Å²) in [4.78, 5) is 9.75. The van der Waals surface area contributed by atoms with Gasteiger partial charge < -0.3 is 0 Å². The van der Waals surface area contributed by atoms with Gasteiger partial charge in [-0.1, -0.05) is 42.5 Å². The number of hydrogen-bond acceptors (Lipinski definition) is 2. The SMILES string of the molecule is CC1(C)Cc2ccccc2C(c2cc3ccccc3nc2Br)=N1. The van der Waals surface area contributed by atoms with Crippen molar-refractivity contribution in [1.82, 2.24) is 4.98 Å². The highest BCUT2D eigenvalue weighted by Crippen LogP contribution is 2.32. The molecule has 0 bridgehead atoms. The largest absolute Gasteiger partial charge is 0.278 e. The molecular weight excluding hydrogens is 348 g/mol. The van der Waals surface area contributed by atoms with Crippen LogP contribution in [0.5, 0.6) is 0 Å². The summed E-state index contributed by atoms with van der Waals surface area (Å²) >= 11 is 3.65. The number of aliphatic imine (C=N–C) groups is 1. The highest BCUT2D eigenvalue weighted by Gasteiger charge is 2.28. The Kier molecular flexibility index (Phi) is 3.34. The van der Waals surface area contributed by atoms with Gasteiger partial charge >= 0.3 is 0 Å². The second-order valence-corrected chi connectivity index (χ2v) is 7.38. The summed E-state index contributed by atoms with van der Waals surface area (Å²) < 4.78 is 0.849. The highest BCUT2D eigenvalue weighted by molar-refractivity contribution is 9.10. The molecule has 0 amide bonds. The van der Waals surface area contributed by atoms with Crippen molar-refractivity contribution in [2.24, 2.45) is 4.99 Å². The average Bonchev–Trinajstić information content (AvgIpc) is 2.52.